The molecule has 2 nitrogen and oxygen atoms in total. The number of Topliss-reactive ketones (excluding diaryl/α,β-unsaturated/α-hetero) is 1. The first-order valence-corrected chi connectivity index (χ1v) is 12.1. The minimum Gasteiger partial charge on any atom is -0.393 e. The summed E-state index contributed by atoms with van der Waals surface area (Å²) >= 11 is 0. The van der Waals surface area contributed by atoms with E-state index in [2.05, 4.69) is 20.8 Å². The van der Waals surface area contributed by atoms with E-state index in [9.17, 15) is 9.90 Å². The van der Waals surface area contributed by atoms with Crippen LogP contribution < -0.4 is 0 Å². The van der Waals surface area contributed by atoms with Crippen molar-refractivity contribution in [2.75, 3.05) is 0 Å². The normalized spacial score (nSPS) is 51.7. The molecule has 4 rings (SSSR count). The van der Waals surface area contributed by atoms with Gasteiger partial charge in [0.2, 0.25) is 0 Å². The van der Waals surface area contributed by atoms with E-state index < -0.39 is 0 Å². The van der Waals surface area contributed by atoms with Crippen molar-refractivity contribution in [3.05, 3.63) is 0 Å². The number of aliphatic hydroxyl groups is 1. The maximum absolute atomic E-state index is 11.5. The fourth-order valence-corrected chi connectivity index (χ4v) is 8.86. The van der Waals surface area contributed by atoms with Crippen molar-refractivity contribution in [2.24, 2.45) is 46.3 Å². The Morgan fingerprint density at radius 3 is 2.46 bits per heavy atom. The van der Waals surface area contributed by atoms with Crippen LogP contribution in [0.15, 0.2) is 0 Å². The Hall–Kier alpha value is -0.305. The predicted molar refractivity (Wildman–Crippen MR) is 115 cm³/mol. The number of hydrogen-bond donors (Lipinski definition) is 1. The van der Waals surface area contributed by atoms with Crippen LogP contribution in [0.25, 0.3) is 0 Å². The molecule has 1 N–H and O–H groups in total. The fraction of sp³-hybridized carbons (Fsp3) is 0.960. The lowest BCUT2D eigenvalue weighted by molar-refractivity contribution is -0.164. The monoisotopic (exact) mass is 384 g/mol. The third kappa shape index (κ3) is 3.23. The first kappa shape index (κ1) is 20.9. The zero-order chi connectivity index (χ0) is 20.3. The van der Waals surface area contributed by atoms with Crippen LogP contribution in [-0.2, 0) is 4.79 Å². The summed E-state index contributed by atoms with van der Waals surface area (Å²) in [5.74, 6) is 4.45. The maximum Gasteiger partial charge on any atom is 0.129 e. The van der Waals surface area contributed by atoms with E-state index in [1.54, 1.807) is 6.92 Å². The molecule has 4 aliphatic rings. The second kappa shape index (κ2) is 7.43. The molecule has 10 atom stereocenters. The van der Waals surface area contributed by atoms with Crippen molar-refractivity contribution in [1.29, 1.82) is 0 Å². The summed E-state index contributed by atoms with van der Waals surface area (Å²) in [6, 6.07) is 0. The van der Waals surface area contributed by atoms with E-state index in [0.717, 1.165) is 31.6 Å². The Morgan fingerprint density at radius 1 is 1.07 bits per heavy atom. The summed E-state index contributed by atoms with van der Waals surface area (Å²) < 4.78 is 0. The highest BCUT2D eigenvalue weighted by molar-refractivity contribution is 6.11. The third-order valence-electron chi connectivity index (χ3n) is 10.4. The van der Waals surface area contributed by atoms with Gasteiger partial charge < -0.3 is 9.90 Å². The molecule has 156 valence electrons. The van der Waals surface area contributed by atoms with Gasteiger partial charge in [-0.25, -0.2) is 0 Å². The number of fused-ring (bicyclic) bond motifs is 5. The molecule has 0 aromatic heterocycles. The maximum atomic E-state index is 11.5. The molecule has 4 fully saturated rings. The highest BCUT2D eigenvalue weighted by Gasteiger charge is 2.62. The van der Waals surface area contributed by atoms with E-state index >= 15 is 0 Å². The summed E-state index contributed by atoms with van der Waals surface area (Å²) in [7, 11) is 6.32. The second-order valence-electron chi connectivity index (χ2n) is 11.8. The summed E-state index contributed by atoms with van der Waals surface area (Å²) in [5, 5.41) is 11.3. The summed E-state index contributed by atoms with van der Waals surface area (Å²) in [6.45, 7) is 9.18. The minimum absolute atomic E-state index is 0.135. The van der Waals surface area contributed by atoms with Crippen molar-refractivity contribution >= 4 is 13.6 Å². The van der Waals surface area contributed by atoms with Gasteiger partial charge in [0.15, 0.2) is 0 Å². The van der Waals surface area contributed by atoms with E-state index in [1.165, 1.54) is 38.5 Å². The van der Waals surface area contributed by atoms with Gasteiger partial charge in [-0.15, -0.1) is 0 Å². The molecule has 0 spiro atoms. The molecule has 2 radical (unpaired) electrons. The van der Waals surface area contributed by atoms with Gasteiger partial charge in [-0.3, -0.25) is 0 Å². The molecule has 0 aromatic rings. The topological polar surface area (TPSA) is 37.3 Å². The summed E-state index contributed by atoms with van der Waals surface area (Å²) in [5.41, 5.74) is 0.742. The number of ketones is 1. The summed E-state index contributed by atoms with van der Waals surface area (Å²) in [4.78, 5) is 11.5. The van der Waals surface area contributed by atoms with E-state index in [1.807, 2.05) is 0 Å². The highest BCUT2D eigenvalue weighted by Crippen LogP contribution is 2.68. The second-order valence-corrected chi connectivity index (χ2v) is 11.8. The van der Waals surface area contributed by atoms with Crippen molar-refractivity contribution in [2.45, 2.75) is 104 Å². The Kier molecular flexibility index (Phi) is 5.56. The lowest BCUT2D eigenvalue weighted by Crippen LogP contribution is -2.58. The Bertz CT molecular complexity index is 605. The molecule has 28 heavy (non-hydrogen) atoms. The van der Waals surface area contributed by atoms with E-state index in [4.69, 9.17) is 7.85 Å². The van der Waals surface area contributed by atoms with Crippen LogP contribution in [-0.4, -0.2) is 24.8 Å². The molecule has 0 saturated heterocycles. The zero-order valence-corrected chi connectivity index (χ0v) is 18.6. The average molecular weight is 384 g/mol. The molecule has 0 aromatic carbocycles. The van der Waals surface area contributed by atoms with Gasteiger partial charge in [-0.2, -0.15) is 0 Å². The van der Waals surface area contributed by atoms with Crippen LogP contribution in [0.4, 0.5) is 0 Å². The van der Waals surface area contributed by atoms with Crippen molar-refractivity contribution < 1.29 is 9.90 Å². The van der Waals surface area contributed by atoms with Crippen molar-refractivity contribution in [3.63, 3.8) is 0 Å². The molecular formula is C25H41BO2. The molecule has 1 unspecified atom stereocenters. The number of carbonyl (C=O) groups excluding carboxylic acids is 1. The SMILES string of the molecule is [B][C@@H]1CC[C@@]2(C)[C@H](CC(O)[C@@H]3[C@@H]2CC[C@]2(C)[C@@H]([C@H](C)CCC(C)=O)CC[C@@H]32)C1. The zero-order valence-electron chi connectivity index (χ0n) is 18.6. The molecule has 0 bridgehead atoms. The number of aliphatic hydroxyl groups excluding tert-OH is 1. The lowest BCUT2D eigenvalue weighted by atomic mass is 9.42. The Morgan fingerprint density at radius 2 is 1.75 bits per heavy atom. The minimum atomic E-state index is -0.135. The molecule has 4 aliphatic carbocycles. The molecular weight excluding hydrogens is 343 g/mol. The number of hydrogen-bond acceptors (Lipinski definition) is 2. The third-order valence-corrected chi connectivity index (χ3v) is 10.4. The fourth-order valence-electron chi connectivity index (χ4n) is 8.86. The highest BCUT2D eigenvalue weighted by atomic mass is 16.3. The van der Waals surface area contributed by atoms with E-state index in [-0.39, 0.29) is 6.10 Å². The van der Waals surface area contributed by atoms with Gasteiger partial charge in [0.05, 0.1) is 14.0 Å². The largest absolute Gasteiger partial charge is 0.393 e. The van der Waals surface area contributed by atoms with Crippen LogP contribution in [0.1, 0.15) is 91.9 Å². The van der Waals surface area contributed by atoms with Gasteiger partial charge in [0, 0.05) is 6.42 Å². The smallest absolute Gasteiger partial charge is 0.129 e. The van der Waals surface area contributed by atoms with Crippen molar-refractivity contribution in [3.8, 4) is 0 Å². The van der Waals surface area contributed by atoms with Crippen molar-refractivity contribution in [1.82, 2.24) is 0 Å². The molecule has 0 amide bonds. The lowest BCUT2D eigenvalue weighted by Gasteiger charge is -2.62. The quantitative estimate of drug-likeness (QED) is 0.643. The molecule has 4 saturated carbocycles. The van der Waals surface area contributed by atoms with Crippen LogP contribution in [0.3, 0.4) is 0 Å². The van der Waals surface area contributed by atoms with Gasteiger partial charge in [0.1, 0.15) is 5.78 Å². The Labute approximate surface area is 174 Å². The number of rotatable bonds is 4. The molecule has 0 aliphatic heterocycles. The average Bonchev–Trinajstić information content (AvgIpc) is 2.98. The van der Waals surface area contributed by atoms with Crippen LogP contribution in [0, 0.1) is 46.3 Å². The first-order valence-electron chi connectivity index (χ1n) is 12.1. The summed E-state index contributed by atoms with van der Waals surface area (Å²) in [6.07, 6.45) is 11.3. The van der Waals surface area contributed by atoms with E-state index in [0.29, 0.717) is 52.0 Å². The Balaban J connectivity index is 1.55. The van der Waals surface area contributed by atoms with Gasteiger partial charge in [-0.1, -0.05) is 39.4 Å². The number of carbonyl (C=O) groups is 1. The molecule has 0 heterocycles. The standard InChI is InChI=1S/C25H41BO2/c1-15(5-6-16(2)27)19-7-8-20-23-21(10-12-25(19,20)4)24(3)11-9-18(26)13-17(24)14-22(23)28/h15,17-23,28H,5-14H2,1-4H3/t15-,17+,18-,19-,20+,21+,22?,23+,24+,25-/m1/s1. The predicted octanol–water partition coefficient (Wildman–Crippen LogP) is 5.58. The van der Waals surface area contributed by atoms with Gasteiger partial charge in [-0.05, 0) is 98.2 Å². The van der Waals surface area contributed by atoms with Crippen LogP contribution in [0.5, 0.6) is 0 Å². The van der Waals surface area contributed by atoms with Crippen LogP contribution in [0.2, 0.25) is 5.82 Å². The van der Waals surface area contributed by atoms with Gasteiger partial charge in [0.25, 0.3) is 0 Å². The van der Waals surface area contributed by atoms with Crippen LogP contribution >= 0.6 is 0 Å². The first-order chi connectivity index (χ1) is 13.2. The van der Waals surface area contributed by atoms with Gasteiger partial charge >= 0.3 is 0 Å². The molecule has 3 heteroatoms.